The number of rotatable bonds is 4. The summed E-state index contributed by atoms with van der Waals surface area (Å²) in [5.74, 6) is 0.208. The predicted octanol–water partition coefficient (Wildman–Crippen LogP) is 3.51. The Hall–Kier alpha value is -2.60. The van der Waals surface area contributed by atoms with Crippen molar-refractivity contribution < 1.29 is 14.5 Å². The van der Waals surface area contributed by atoms with Crippen molar-refractivity contribution in [3.8, 4) is 5.75 Å². The number of nitrogens with zero attached hydrogens (tertiary/aromatic N) is 1. The summed E-state index contributed by atoms with van der Waals surface area (Å²) in [6, 6.07) is 10.3. The number of methoxy groups -OCH3 is 1. The number of benzene rings is 2. The van der Waals surface area contributed by atoms with E-state index in [-0.39, 0.29) is 16.4 Å². The van der Waals surface area contributed by atoms with E-state index in [0.717, 1.165) is 0 Å². The number of halogens is 1. The molecule has 0 aliphatic carbocycles. The normalized spacial score (nSPS) is 10.0. The quantitative estimate of drug-likeness (QED) is 0.692. The number of ether oxygens (including phenoxy) is 1. The molecule has 2 aromatic rings. The fourth-order valence-electron chi connectivity index (χ4n) is 1.66. The summed E-state index contributed by atoms with van der Waals surface area (Å²) >= 11 is 5.92. The SMILES string of the molecule is COc1ccc(C(=O)Nc2cc([N+](=O)[O-])ccc2Cl)cc1. The summed E-state index contributed by atoms with van der Waals surface area (Å²) < 4.78 is 5.00. The number of nitrogens with one attached hydrogen (secondary N) is 1. The smallest absolute Gasteiger partial charge is 0.271 e. The molecule has 21 heavy (non-hydrogen) atoms. The highest BCUT2D eigenvalue weighted by Gasteiger charge is 2.13. The molecule has 0 spiro atoms. The van der Waals surface area contributed by atoms with E-state index >= 15 is 0 Å². The largest absolute Gasteiger partial charge is 0.497 e. The van der Waals surface area contributed by atoms with Crippen molar-refractivity contribution in [1.29, 1.82) is 0 Å². The molecule has 2 rings (SSSR count). The predicted molar refractivity (Wildman–Crippen MR) is 79.1 cm³/mol. The maximum absolute atomic E-state index is 12.1. The highest BCUT2D eigenvalue weighted by Crippen LogP contribution is 2.27. The summed E-state index contributed by atoms with van der Waals surface area (Å²) in [5, 5.41) is 13.5. The van der Waals surface area contributed by atoms with E-state index in [9.17, 15) is 14.9 Å². The number of carbonyl (C=O) groups is 1. The van der Waals surface area contributed by atoms with Crippen LogP contribution < -0.4 is 10.1 Å². The van der Waals surface area contributed by atoms with Gasteiger partial charge in [0.2, 0.25) is 0 Å². The lowest BCUT2D eigenvalue weighted by atomic mass is 10.2. The van der Waals surface area contributed by atoms with Crippen LogP contribution >= 0.6 is 11.6 Å². The Balaban J connectivity index is 2.22. The maximum Gasteiger partial charge on any atom is 0.271 e. The van der Waals surface area contributed by atoms with Crippen LogP contribution in [0.3, 0.4) is 0 Å². The maximum atomic E-state index is 12.1. The minimum absolute atomic E-state index is 0.149. The first-order valence-electron chi connectivity index (χ1n) is 5.90. The van der Waals surface area contributed by atoms with E-state index < -0.39 is 10.8 Å². The van der Waals surface area contributed by atoms with E-state index in [4.69, 9.17) is 16.3 Å². The first kappa shape index (κ1) is 14.8. The average Bonchev–Trinajstić information content (AvgIpc) is 2.49. The van der Waals surface area contributed by atoms with Crippen molar-refractivity contribution in [3.05, 3.63) is 63.2 Å². The van der Waals surface area contributed by atoms with Gasteiger partial charge >= 0.3 is 0 Å². The number of hydrogen-bond donors (Lipinski definition) is 1. The van der Waals surface area contributed by atoms with Crippen LogP contribution in [0.1, 0.15) is 10.4 Å². The lowest BCUT2D eigenvalue weighted by Crippen LogP contribution is -2.12. The molecule has 0 radical (unpaired) electrons. The van der Waals surface area contributed by atoms with Crippen LogP contribution in [0.5, 0.6) is 5.75 Å². The molecular weight excluding hydrogens is 296 g/mol. The molecule has 0 aliphatic rings. The molecule has 0 bridgehead atoms. The van der Waals surface area contributed by atoms with Crippen molar-refractivity contribution in [1.82, 2.24) is 0 Å². The molecule has 0 atom stereocenters. The van der Waals surface area contributed by atoms with E-state index in [0.29, 0.717) is 11.3 Å². The molecule has 6 nitrogen and oxygen atoms in total. The fraction of sp³-hybridized carbons (Fsp3) is 0.0714. The van der Waals surface area contributed by atoms with Gasteiger partial charge in [-0.05, 0) is 30.3 Å². The lowest BCUT2D eigenvalue weighted by molar-refractivity contribution is -0.384. The Kier molecular flexibility index (Phi) is 4.39. The van der Waals surface area contributed by atoms with Crippen molar-refractivity contribution in [3.63, 3.8) is 0 Å². The van der Waals surface area contributed by atoms with Crippen LogP contribution in [0, 0.1) is 10.1 Å². The van der Waals surface area contributed by atoms with Gasteiger partial charge in [-0.2, -0.15) is 0 Å². The summed E-state index contributed by atoms with van der Waals surface area (Å²) in [5.41, 5.74) is 0.425. The monoisotopic (exact) mass is 306 g/mol. The number of nitro benzene ring substituents is 1. The van der Waals surface area contributed by atoms with Crippen LogP contribution in [0.25, 0.3) is 0 Å². The Morgan fingerprint density at radius 1 is 1.24 bits per heavy atom. The molecule has 0 fully saturated rings. The minimum atomic E-state index is -0.556. The van der Waals surface area contributed by atoms with Crippen molar-refractivity contribution in [2.75, 3.05) is 12.4 Å². The number of amides is 1. The number of anilines is 1. The van der Waals surface area contributed by atoms with Gasteiger partial charge in [0.15, 0.2) is 0 Å². The van der Waals surface area contributed by atoms with Crippen LogP contribution in [0.4, 0.5) is 11.4 Å². The van der Waals surface area contributed by atoms with Crippen LogP contribution in [-0.4, -0.2) is 17.9 Å². The van der Waals surface area contributed by atoms with Gasteiger partial charge in [-0.25, -0.2) is 0 Å². The number of nitro groups is 1. The zero-order valence-corrected chi connectivity index (χ0v) is 11.8. The molecule has 0 unspecified atom stereocenters. The highest BCUT2D eigenvalue weighted by molar-refractivity contribution is 6.34. The molecule has 0 heterocycles. The van der Waals surface area contributed by atoms with Crippen LogP contribution in [-0.2, 0) is 0 Å². The Morgan fingerprint density at radius 2 is 1.90 bits per heavy atom. The lowest BCUT2D eigenvalue weighted by Gasteiger charge is -2.07. The second-order valence-corrected chi connectivity index (χ2v) is 4.51. The van der Waals surface area contributed by atoms with Crippen molar-refractivity contribution >= 4 is 28.9 Å². The molecule has 1 N–H and O–H groups in total. The first-order valence-corrected chi connectivity index (χ1v) is 6.28. The summed E-state index contributed by atoms with van der Waals surface area (Å²) in [6.45, 7) is 0. The van der Waals surface area contributed by atoms with Gasteiger partial charge in [-0.3, -0.25) is 14.9 Å². The second kappa shape index (κ2) is 6.23. The van der Waals surface area contributed by atoms with Crippen LogP contribution in [0.2, 0.25) is 5.02 Å². The van der Waals surface area contributed by atoms with E-state index in [1.54, 1.807) is 24.3 Å². The number of hydrogen-bond acceptors (Lipinski definition) is 4. The number of carbonyl (C=O) groups excluding carboxylic acids is 1. The second-order valence-electron chi connectivity index (χ2n) is 4.10. The molecule has 108 valence electrons. The highest BCUT2D eigenvalue weighted by atomic mass is 35.5. The fourth-order valence-corrected chi connectivity index (χ4v) is 1.82. The van der Waals surface area contributed by atoms with E-state index in [1.807, 2.05) is 0 Å². The minimum Gasteiger partial charge on any atom is -0.497 e. The number of non-ortho nitro benzene ring substituents is 1. The zero-order chi connectivity index (χ0) is 15.4. The van der Waals surface area contributed by atoms with Gasteiger partial charge in [0, 0.05) is 17.7 Å². The summed E-state index contributed by atoms with van der Waals surface area (Å²) in [4.78, 5) is 22.2. The van der Waals surface area contributed by atoms with Crippen molar-refractivity contribution in [2.24, 2.45) is 0 Å². The molecule has 0 aromatic heterocycles. The first-order chi connectivity index (χ1) is 10.0. The average molecular weight is 307 g/mol. The van der Waals surface area contributed by atoms with Crippen molar-refractivity contribution in [2.45, 2.75) is 0 Å². The molecular formula is C14H11ClN2O4. The van der Waals surface area contributed by atoms with Gasteiger partial charge in [0.05, 0.1) is 22.7 Å². The third kappa shape index (κ3) is 3.49. The standard InChI is InChI=1S/C14H11ClN2O4/c1-21-11-5-2-9(3-6-11)14(18)16-13-8-10(17(19)20)4-7-12(13)15/h2-8H,1H3,(H,16,18). The van der Waals surface area contributed by atoms with Gasteiger partial charge < -0.3 is 10.1 Å². The molecule has 7 heteroatoms. The Labute approximate surface area is 125 Å². The van der Waals surface area contributed by atoms with E-state index in [2.05, 4.69) is 5.32 Å². The topological polar surface area (TPSA) is 81.5 Å². The van der Waals surface area contributed by atoms with Gasteiger partial charge in [-0.1, -0.05) is 11.6 Å². The Morgan fingerprint density at radius 3 is 2.48 bits per heavy atom. The molecule has 0 saturated heterocycles. The third-order valence-electron chi connectivity index (χ3n) is 2.76. The van der Waals surface area contributed by atoms with E-state index in [1.165, 1.54) is 25.3 Å². The molecule has 0 aliphatic heterocycles. The Bertz CT molecular complexity index is 686. The van der Waals surface area contributed by atoms with Gasteiger partial charge in [-0.15, -0.1) is 0 Å². The third-order valence-corrected chi connectivity index (χ3v) is 3.09. The molecule has 2 aromatic carbocycles. The van der Waals surface area contributed by atoms with Crippen LogP contribution in [0.15, 0.2) is 42.5 Å². The summed E-state index contributed by atoms with van der Waals surface area (Å²) in [6.07, 6.45) is 0. The molecule has 1 amide bonds. The van der Waals surface area contributed by atoms with Gasteiger partial charge in [0.25, 0.3) is 11.6 Å². The van der Waals surface area contributed by atoms with Gasteiger partial charge in [0.1, 0.15) is 5.75 Å². The summed E-state index contributed by atoms with van der Waals surface area (Å²) in [7, 11) is 1.53. The zero-order valence-electron chi connectivity index (χ0n) is 11.0. The molecule has 0 saturated carbocycles.